The van der Waals surface area contributed by atoms with Crippen LogP contribution < -0.4 is 5.32 Å². The number of amides is 2. The zero-order valence-corrected chi connectivity index (χ0v) is 15.8. The normalized spacial score (nSPS) is 16.7. The van der Waals surface area contributed by atoms with E-state index in [4.69, 9.17) is 11.6 Å². The van der Waals surface area contributed by atoms with Crippen LogP contribution >= 0.6 is 11.6 Å². The van der Waals surface area contributed by atoms with E-state index in [1.165, 1.54) is 0 Å². The van der Waals surface area contributed by atoms with Gasteiger partial charge in [-0.3, -0.25) is 24.9 Å². The molecule has 1 aromatic heterocycles. The van der Waals surface area contributed by atoms with E-state index in [1.807, 2.05) is 42.5 Å². The molecular weight excluding hydrogens is 374 g/mol. The van der Waals surface area contributed by atoms with E-state index in [0.29, 0.717) is 24.3 Å². The van der Waals surface area contributed by atoms with E-state index in [0.717, 1.165) is 27.9 Å². The second kappa shape index (κ2) is 7.90. The summed E-state index contributed by atoms with van der Waals surface area (Å²) in [5.41, 5.74) is 4.64. The van der Waals surface area contributed by atoms with Crippen molar-refractivity contribution in [1.82, 2.24) is 15.3 Å². The Morgan fingerprint density at radius 2 is 1.89 bits per heavy atom. The summed E-state index contributed by atoms with van der Waals surface area (Å²) >= 11 is 6.66. The van der Waals surface area contributed by atoms with Crippen LogP contribution in [0.5, 0.6) is 0 Å². The molecule has 140 valence electrons. The number of nitrogens with zero attached hydrogens (tertiary/aromatic N) is 2. The van der Waals surface area contributed by atoms with Gasteiger partial charge in [-0.25, -0.2) is 0 Å². The van der Waals surface area contributed by atoms with Crippen LogP contribution in [0.1, 0.15) is 35.6 Å². The van der Waals surface area contributed by atoms with Crippen LogP contribution in [-0.2, 0) is 16.0 Å². The molecule has 28 heavy (non-hydrogen) atoms. The third kappa shape index (κ3) is 3.80. The Morgan fingerprint density at radius 3 is 2.61 bits per heavy atom. The first-order chi connectivity index (χ1) is 13.6. The molecule has 1 unspecified atom stereocenters. The lowest BCUT2D eigenvalue weighted by atomic mass is 9.88. The largest absolute Gasteiger partial charge is 0.296 e. The third-order valence-corrected chi connectivity index (χ3v) is 5.33. The maximum atomic E-state index is 12.2. The molecule has 6 heteroatoms. The van der Waals surface area contributed by atoms with Gasteiger partial charge in [0.2, 0.25) is 11.8 Å². The highest BCUT2D eigenvalue weighted by molar-refractivity contribution is 6.34. The van der Waals surface area contributed by atoms with Crippen molar-refractivity contribution in [3.8, 4) is 11.1 Å². The zero-order chi connectivity index (χ0) is 19.5. The number of hydrogen-bond acceptors (Lipinski definition) is 4. The zero-order valence-electron chi connectivity index (χ0n) is 15.1. The van der Waals surface area contributed by atoms with Crippen molar-refractivity contribution < 1.29 is 9.59 Å². The Balaban J connectivity index is 1.59. The summed E-state index contributed by atoms with van der Waals surface area (Å²) in [6.07, 6.45) is 6.61. The monoisotopic (exact) mass is 391 g/mol. The number of imide groups is 1. The summed E-state index contributed by atoms with van der Waals surface area (Å²) in [7, 11) is 0. The second-order valence-electron chi connectivity index (χ2n) is 6.78. The van der Waals surface area contributed by atoms with Gasteiger partial charge >= 0.3 is 0 Å². The molecule has 5 nitrogen and oxygen atoms in total. The maximum Gasteiger partial charge on any atom is 0.234 e. The minimum Gasteiger partial charge on any atom is -0.296 e. The lowest BCUT2D eigenvalue weighted by Crippen LogP contribution is -2.39. The van der Waals surface area contributed by atoms with Gasteiger partial charge in [0.25, 0.3) is 0 Å². The molecule has 0 bridgehead atoms. The van der Waals surface area contributed by atoms with E-state index in [2.05, 4.69) is 15.3 Å². The van der Waals surface area contributed by atoms with E-state index >= 15 is 0 Å². The highest BCUT2D eigenvalue weighted by atomic mass is 35.5. The Labute approximate surface area is 167 Å². The Bertz CT molecular complexity index is 1020. The van der Waals surface area contributed by atoms with Crippen molar-refractivity contribution in [1.29, 1.82) is 0 Å². The molecule has 0 radical (unpaired) electrons. The lowest BCUT2D eigenvalue weighted by Gasteiger charge is -2.23. The molecule has 2 amide bonds. The predicted octanol–water partition coefficient (Wildman–Crippen LogP) is 3.91. The van der Waals surface area contributed by atoms with Gasteiger partial charge in [-0.05, 0) is 23.1 Å². The third-order valence-electron chi connectivity index (χ3n) is 4.91. The molecule has 0 saturated carbocycles. The highest BCUT2D eigenvalue weighted by Gasteiger charge is 2.30. The second-order valence-corrected chi connectivity index (χ2v) is 7.16. The summed E-state index contributed by atoms with van der Waals surface area (Å²) < 4.78 is 0. The summed E-state index contributed by atoms with van der Waals surface area (Å²) in [5, 5.41) is 2.95. The summed E-state index contributed by atoms with van der Waals surface area (Å²) in [5.74, 6) is -0.914. The quantitative estimate of drug-likeness (QED) is 0.684. The topological polar surface area (TPSA) is 72.0 Å². The number of hydrogen-bond donors (Lipinski definition) is 1. The van der Waals surface area contributed by atoms with E-state index in [9.17, 15) is 9.59 Å². The lowest BCUT2D eigenvalue weighted by molar-refractivity contribution is -0.134. The fourth-order valence-electron chi connectivity index (χ4n) is 3.46. The SMILES string of the molecule is O=C1CCC(c2cccc(-c3ccc(Cc4cnccn4)cc3)c2Cl)C(=O)N1. The molecule has 1 aliphatic rings. The number of benzene rings is 2. The van der Waals surface area contributed by atoms with Crippen LogP contribution in [0.25, 0.3) is 11.1 Å². The number of carbonyl (C=O) groups is 2. The van der Waals surface area contributed by atoms with Crippen molar-refractivity contribution in [3.05, 3.63) is 82.9 Å². The first-order valence-corrected chi connectivity index (χ1v) is 9.46. The molecule has 0 aliphatic carbocycles. The summed E-state index contributed by atoms with van der Waals surface area (Å²) in [6.45, 7) is 0. The minimum atomic E-state index is -0.402. The van der Waals surface area contributed by atoms with Gasteiger partial charge in [0, 0.05) is 37.0 Å². The number of nitrogens with one attached hydrogen (secondary N) is 1. The van der Waals surface area contributed by atoms with Gasteiger partial charge < -0.3 is 0 Å². The molecule has 1 saturated heterocycles. The molecule has 1 N–H and O–H groups in total. The Morgan fingerprint density at radius 1 is 1.07 bits per heavy atom. The standard InChI is InChI=1S/C22H18ClN3O2/c23-21-17(2-1-3-18(21)19-8-9-20(27)26-22(19)28)15-6-4-14(5-7-15)12-16-13-24-10-11-25-16/h1-7,10-11,13,19H,8-9,12H2,(H,26,27,28). The Hall–Kier alpha value is -3.05. The van der Waals surface area contributed by atoms with Crippen LogP contribution in [0.15, 0.2) is 61.1 Å². The smallest absolute Gasteiger partial charge is 0.234 e. The maximum absolute atomic E-state index is 12.2. The van der Waals surface area contributed by atoms with Crippen LogP contribution in [0.4, 0.5) is 0 Å². The van der Waals surface area contributed by atoms with Crippen molar-refractivity contribution in [2.24, 2.45) is 0 Å². The highest BCUT2D eigenvalue weighted by Crippen LogP contribution is 2.37. The van der Waals surface area contributed by atoms with E-state index in [-0.39, 0.29) is 11.8 Å². The number of carbonyl (C=O) groups excluding carboxylic acids is 2. The predicted molar refractivity (Wildman–Crippen MR) is 107 cm³/mol. The Kier molecular flexibility index (Phi) is 5.17. The molecule has 1 aliphatic heterocycles. The summed E-state index contributed by atoms with van der Waals surface area (Å²) in [4.78, 5) is 32.0. The average Bonchev–Trinajstić information content (AvgIpc) is 2.70. The van der Waals surface area contributed by atoms with Crippen molar-refractivity contribution >= 4 is 23.4 Å². The van der Waals surface area contributed by atoms with Gasteiger partial charge in [0.1, 0.15) is 0 Å². The molecule has 3 aromatic rings. The number of aromatic nitrogens is 2. The first kappa shape index (κ1) is 18.3. The number of halogens is 1. The molecule has 1 fully saturated rings. The summed E-state index contributed by atoms with van der Waals surface area (Å²) in [6, 6.07) is 13.8. The fourth-order valence-corrected chi connectivity index (χ4v) is 3.83. The number of rotatable bonds is 4. The van der Waals surface area contributed by atoms with Gasteiger partial charge in [-0.2, -0.15) is 0 Å². The van der Waals surface area contributed by atoms with Crippen molar-refractivity contribution in [2.75, 3.05) is 0 Å². The van der Waals surface area contributed by atoms with E-state index < -0.39 is 5.92 Å². The molecule has 0 spiro atoms. The molecule has 4 rings (SSSR count). The van der Waals surface area contributed by atoms with Crippen LogP contribution in [0.3, 0.4) is 0 Å². The number of piperidine rings is 1. The first-order valence-electron chi connectivity index (χ1n) is 9.08. The van der Waals surface area contributed by atoms with Crippen molar-refractivity contribution in [2.45, 2.75) is 25.2 Å². The fraction of sp³-hybridized carbons (Fsp3) is 0.182. The van der Waals surface area contributed by atoms with E-state index in [1.54, 1.807) is 18.6 Å². The molecule has 2 aromatic carbocycles. The van der Waals surface area contributed by atoms with Gasteiger partial charge in [0.05, 0.1) is 16.6 Å². The van der Waals surface area contributed by atoms with Gasteiger partial charge in [0.15, 0.2) is 0 Å². The van der Waals surface area contributed by atoms with Crippen LogP contribution in [0, 0.1) is 0 Å². The van der Waals surface area contributed by atoms with Crippen molar-refractivity contribution in [3.63, 3.8) is 0 Å². The van der Waals surface area contributed by atoms with Gasteiger partial charge in [-0.1, -0.05) is 54.1 Å². The molecule has 2 heterocycles. The van der Waals surface area contributed by atoms with Crippen LogP contribution in [0.2, 0.25) is 5.02 Å². The average molecular weight is 392 g/mol. The minimum absolute atomic E-state index is 0.229. The molecule has 1 atom stereocenters. The van der Waals surface area contributed by atoms with Crippen LogP contribution in [-0.4, -0.2) is 21.8 Å². The molecular formula is C22H18ClN3O2. The van der Waals surface area contributed by atoms with Gasteiger partial charge in [-0.15, -0.1) is 0 Å².